The van der Waals surface area contributed by atoms with Crippen LogP contribution in [-0.2, 0) is 32.1 Å². The number of ether oxygens (including phenoxy) is 3. The van der Waals surface area contributed by atoms with E-state index in [0.717, 1.165) is 21.2 Å². The molecule has 2 atom stereocenters. The van der Waals surface area contributed by atoms with Crippen molar-refractivity contribution in [3.63, 3.8) is 0 Å². The Hall–Kier alpha value is -3.15. The van der Waals surface area contributed by atoms with Crippen LogP contribution in [0.1, 0.15) is 16.8 Å². The predicted molar refractivity (Wildman–Crippen MR) is 181 cm³/mol. The summed E-state index contributed by atoms with van der Waals surface area (Å²) in [7, 11) is 2.98. The number of aliphatic imine (C=N–C) groups is 1. The number of hydrogen-bond acceptors (Lipinski definition) is 11. The van der Waals surface area contributed by atoms with Crippen LogP contribution in [0.2, 0.25) is 0 Å². The SMILES string of the molecule is C=CC(=O)NI1CCOCC1NC1N=Cc2cc(/C=C(Cl)/C(=C\C(=C\Cl)OC)OC)nc(NCc3cnn(CCO)c3)c2N1. The second-order valence-corrected chi connectivity index (χ2v) is 15.3. The Morgan fingerprint density at radius 1 is 1.39 bits per heavy atom. The number of aromatic nitrogens is 3. The third kappa shape index (κ3) is 9.18. The number of hydrogen-bond donors (Lipinski definition) is 5. The van der Waals surface area contributed by atoms with Gasteiger partial charge in [-0.05, 0) is 0 Å². The first kappa shape index (κ1) is 33.7. The number of amides is 1. The topological polar surface area (TPSA) is 156 Å². The third-order valence-corrected chi connectivity index (χ3v) is 12.2. The fourth-order valence-corrected chi connectivity index (χ4v) is 9.10. The molecule has 1 amide bonds. The van der Waals surface area contributed by atoms with Gasteiger partial charge in [-0.15, -0.1) is 0 Å². The van der Waals surface area contributed by atoms with Gasteiger partial charge in [-0.3, -0.25) is 0 Å². The van der Waals surface area contributed by atoms with Crippen LogP contribution in [0.4, 0.5) is 11.5 Å². The molecule has 2 aliphatic rings. The van der Waals surface area contributed by atoms with Gasteiger partial charge in [0.25, 0.3) is 0 Å². The first-order valence-electron chi connectivity index (χ1n) is 13.5. The van der Waals surface area contributed by atoms with Gasteiger partial charge in [0, 0.05) is 5.54 Å². The molecule has 13 nitrogen and oxygen atoms in total. The molecule has 0 saturated carbocycles. The van der Waals surface area contributed by atoms with Crippen molar-refractivity contribution in [2.45, 2.75) is 23.4 Å². The van der Waals surface area contributed by atoms with E-state index in [2.05, 4.69) is 36.2 Å². The van der Waals surface area contributed by atoms with Gasteiger partial charge < -0.3 is 9.84 Å². The number of allylic oxidation sites excluding steroid dienone is 2. The molecule has 0 aliphatic carbocycles. The number of anilines is 2. The van der Waals surface area contributed by atoms with Crippen LogP contribution in [0.5, 0.6) is 0 Å². The molecule has 0 radical (unpaired) electrons. The van der Waals surface area contributed by atoms with E-state index in [1.165, 1.54) is 25.8 Å². The van der Waals surface area contributed by atoms with Crippen molar-refractivity contribution < 1.29 is 24.1 Å². The quantitative estimate of drug-likeness (QED) is 0.0368. The Morgan fingerprint density at radius 3 is 2.95 bits per heavy atom. The Morgan fingerprint density at radius 2 is 2.23 bits per heavy atom. The molecule has 2 aromatic heterocycles. The fourth-order valence-electron chi connectivity index (χ4n) is 4.15. The average Bonchev–Trinajstić information content (AvgIpc) is 3.49. The van der Waals surface area contributed by atoms with E-state index < -0.39 is 26.4 Å². The number of fused-ring (bicyclic) bond motifs is 1. The van der Waals surface area contributed by atoms with Crippen LogP contribution in [-0.4, -0.2) is 80.8 Å². The molecule has 0 bridgehead atoms. The van der Waals surface area contributed by atoms with Crippen molar-refractivity contribution in [3.8, 4) is 0 Å². The van der Waals surface area contributed by atoms with E-state index in [1.54, 1.807) is 29.2 Å². The predicted octanol–water partition coefficient (Wildman–Crippen LogP) is 3.52. The van der Waals surface area contributed by atoms with E-state index in [0.29, 0.717) is 49.3 Å². The number of methoxy groups -OCH3 is 2. The minimum absolute atomic E-state index is 0.00571. The Kier molecular flexibility index (Phi) is 12.9. The molecule has 16 heteroatoms. The molecule has 5 N–H and O–H groups in total. The first-order valence-corrected chi connectivity index (χ1v) is 18.1. The van der Waals surface area contributed by atoms with E-state index in [9.17, 15) is 9.90 Å². The first-order chi connectivity index (χ1) is 21.4. The van der Waals surface area contributed by atoms with Crippen molar-refractivity contribution >= 4 is 73.0 Å². The zero-order valence-electron chi connectivity index (χ0n) is 24.2. The van der Waals surface area contributed by atoms with Crippen LogP contribution in [0.15, 0.2) is 64.3 Å². The molecule has 238 valence electrons. The molecule has 1 fully saturated rings. The third-order valence-electron chi connectivity index (χ3n) is 6.28. The van der Waals surface area contributed by atoms with Crippen molar-refractivity contribution in [1.82, 2.24) is 23.6 Å². The van der Waals surface area contributed by atoms with Crippen molar-refractivity contribution in [3.05, 3.63) is 76.1 Å². The minimum atomic E-state index is -1.94. The van der Waals surface area contributed by atoms with Gasteiger partial charge in [0.2, 0.25) is 0 Å². The van der Waals surface area contributed by atoms with E-state index >= 15 is 0 Å². The van der Waals surface area contributed by atoms with E-state index in [4.69, 9.17) is 42.4 Å². The summed E-state index contributed by atoms with van der Waals surface area (Å²) in [5, 5.41) is 24.1. The summed E-state index contributed by atoms with van der Waals surface area (Å²) in [5.74, 6) is 1.09. The maximum absolute atomic E-state index is 12.0. The molecular formula is C28H35Cl2IN8O5. The van der Waals surface area contributed by atoms with Gasteiger partial charge in [-0.25, -0.2) is 0 Å². The number of carbonyl (C=O) groups is 1. The number of halogens is 3. The van der Waals surface area contributed by atoms with E-state index in [-0.39, 0.29) is 21.6 Å². The van der Waals surface area contributed by atoms with Crippen LogP contribution < -0.4 is 19.5 Å². The van der Waals surface area contributed by atoms with Gasteiger partial charge in [0.05, 0.1) is 20.8 Å². The van der Waals surface area contributed by atoms with Gasteiger partial charge in [0.1, 0.15) is 5.76 Å². The van der Waals surface area contributed by atoms with Gasteiger partial charge in [-0.2, -0.15) is 0 Å². The Balaban J connectivity index is 1.61. The Bertz CT molecular complexity index is 1450. The molecule has 0 aromatic carbocycles. The zero-order valence-corrected chi connectivity index (χ0v) is 27.9. The van der Waals surface area contributed by atoms with Crippen molar-refractivity contribution in [1.29, 1.82) is 0 Å². The number of nitrogens with zero attached hydrogens (tertiary/aromatic N) is 4. The molecule has 4 heterocycles. The summed E-state index contributed by atoms with van der Waals surface area (Å²) in [6.07, 6.45) is 9.40. The number of aliphatic hydroxyl groups excluding tert-OH is 1. The van der Waals surface area contributed by atoms with Gasteiger partial charge >= 0.3 is 221 Å². The van der Waals surface area contributed by atoms with Crippen LogP contribution in [0.25, 0.3) is 6.08 Å². The standard InChI is InChI=1S/C28H35Cl2IN8O5/c1-4-25(41)38-31-5-8-44-17-24(31)36-28-33-15-19-9-20(10-22(30)23(43-3)11-21(12-29)42-2)35-27(26(19)37-28)32-13-18-14-34-39(16-18)6-7-40/h4,9-12,14-16,24,28,36-37,40H,1,5-8,13,17H2,2-3H3,(H,32,35)(H,38,41)/b21-12-,22-10-,23-11+. The van der Waals surface area contributed by atoms with Crippen LogP contribution in [0.3, 0.4) is 0 Å². The molecular weight excluding hydrogens is 726 g/mol. The average molecular weight is 761 g/mol. The molecule has 2 aliphatic heterocycles. The van der Waals surface area contributed by atoms with Crippen molar-refractivity contribution in [2.75, 3.05) is 49.1 Å². The molecule has 2 aromatic rings. The second kappa shape index (κ2) is 16.8. The van der Waals surface area contributed by atoms with Gasteiger partial charge in [-0.1, -0.05) is 11.6 Å². The molecule has 4 rings (SSSR count). The normalized spacial score (nSPS) is 19.6. The van der Waals surface area contributed by atoms with Gasteiger partial charge in [0.15, 0.2) is 0 Å². The summed E-state index contributed by atoms with van der Waals surface area (Å²) >= 11 is 10.5. The maximum atomic E-state index is 12.0. The summed E-state index contributed by atoms with van der Waals surface area (Å²) < 4.78 is 21.9. The fraction of sp³-hybridized carbons (Fsp3) is 0.357. The summed E-state index contributed by atoms with van der Waals surface area (Å²) in [6, 6.07) is 1.85. The molecule has 1 saturated heterocycles. The number of aliphatic hydroxyl groups is 1. The number of carbonyl (C=O) groups excluding carboxylic acids is 1. The van der Waals surface area contributed by atoms with Crippen molar-refractivity contribution in [2.24, 2.45) is 4.99 Å². The molecule has 0 spiro atoms. The number of alkyl halides is 2. The zero-order chi connectivity index (χ0) is 31.5. The monoisotopic (exact) mass is 760 g/mol. The molecule has 2 unspecified atom stereocenters. The summed E-state index contributed by atoms with van der Waals surface area (Å²) in [6.45, 7) is 5.48. The second-order valence-electron chi connectivity index (χ2n) is 9.25. The van der Waals surface area contributed by atoms with E-state index in [1.807, 2.05) is 12.3 Å². The number of rotatable bonds is 14. The summed E-state index contributed by atoms with van der Waals surface area (Å²) in [4.78, 5) is 21.5. The number of nitrogens with one attached hydrogen (secondary N) is 4. The van der Waals surface area contributed by atoms with Crippen LogP contribution in [0, 0.1) is 0 Å². The Labute approximate surface area is 273 Å². The summed E-state index contributed by atoms with van der Waals surface area (Å²) in [5.41, 5.74) is 4.24. The number of pyridine rings is 1. The van der Waals surface area contributed by atoms with Crippen LogP contribution >= 0.6 is 43.3 Å². The molecule has 44 heavy (non-hydrogen) atoms.